The van der Waals surface area contributed by atoms with Crippen LogP contribution in [-0.4, -0.2) is 5.33 Å². The van der Waals surface area contributed by atoms with E-state index in [-0.39, 0.29) is 0 Å². The molecule has 0 heterocycles. The molecule has 0 N–H and O–H groups in total. The predicted octanol–water partition coefficient (Wildman–Crippen LogP) is 3.66. The van der Waals surface area contributed by atoms with Gasteiger partial charge in [-0.2, -0.15) is 0 Å². The largest absolute Gasteiger partial charge is 0.0922 e. The van der Waals surface area contributed by atoms with Crippen LogP contribution in [-0.2, 0) is 6.42 Å². The molecule has 1 heteroatoms. The number of halogens is 1. The summed E-state index contributed by atoms with van der Waals surface area (Å²) in [5, 5.41) is 1.05. The van der Waals surface area contributed by atoms with Gasteiger partial charge in [0.25, 0.3) is 0 Å². The molecule has 1 aromatic rings. The molecule has 0 saturated heterocycles. The van der Waals surface area contributed by atoms with Crippen LogP contribution < -0.4 is 0 Å². The number of rotatable bonds is 2. The van der Waals surface area contributed by atoms with Crippen LogP contribution in [0.1, 0.15) is 18.1 Å². The maximum absolute atomic E-state index is 3.54. The van der Waals surface area contributed by atoms with Crippen molar-refractivity contribution in [2.24, 2.45) is 5.92 Å². The third-order valence-electron chi connectivity index (χ3n) is 2.63. The van der Waals surface area contributed by atoms with Gasteiger partial charge in [-0.15, -0.1) is 0 Å². The molecule has 1 aromatic carbocycles. The van der Waals surface area contributed by atoms with Crippen LogP contribution in [0.25, 0.3) is 5.57 Å². The van der Waals surface area contributed by atoms with Gasteiger partial charge in [0.2, 0.25) is 0 Å². The number of alkyl halides is 1. The Bertz CT molecular complexity index is 339. The number of allylic oxidation sites excluding steroid dienone is 2. The summed E-state index contributed by atoms with van der Waals surface area (Å²) in [5.41, 5.74) is 4.44. The molecule has 0 aliphatic heterocycles. The van der Waals surface area contributed by atoms with Gasteiger partial charge in [-0.25, -0.2) is 0 Å². The molecular weight excluding hydrogens is 224 g/mol. The smallest absolute Gasteiger partial charge is 0.00976 e. The minimum atomic E-state index is 0.628. The lowest BCUT2D eigenvalue weighted by Crippen LogP contribution is -1.98. The van der Waals surface area contributed by atoms with Crippen LogP contribution in [0.15, 0.2) is 30.3 Å². The van der Waals surface area contributed by atoms with Gasteiger partial charge in [0.05, 0.1) is 0 Å². The monoisotopic (exact) mass is 236 g/mol. The number of benzene rings is 1. The van der Waals surface area contributed by atoms with E-state index in [9.17, 15) is 0 Å². The van der Waals surface area contributed by atoms with Gasteiger partial charge in [-0.1, -0.05) is 53.2 Å². The summed E-state index contributed by atoms with van der Waals surface area (Å²) in [5.74, 6) is 0.628. The van der Waals surface area contributed by atoms with Crippen molar-refractivity contribution in [1.29, 1.82) is 0 Å². The summed E-state index contributed by atoms with van der Waals surface area (Å²) < 4.78 is 0. The Balaban J connectivity index is 2.36. The van der Waals surface area contributed by atoms with Crippen LogP contribution in [0, 0.1) is 5.92 Å². The molecule has 68 valence electrons. The summed E-state index contributed by atoms with van der Waals surface area (Å²) >= 11 is 3.54. The number of hydrogen-bond acceptors (Lipinski definition) is 0. The topological polar surface area (TPSA) is 0 Å². The molecule has 1 atom stereocenters. The zero-order chi connectivity index (χ0) is 9.26. The molecule has 0 aromatic heterocycles. The van der Waals surface area contributed by atoms with E-state index in [1.807, 2.05) is 0 Å². The SMILES string of the molecule is CC(CBr)C1=CCc2ccccc21. The highest BCUT2D eigenvalue weighted by Crippen LogP contribution is 2.33. The van der Waals surface area contributed by atoms with Crippen molar-refractivity contribution in [2.45, 2.75) is 13.3 Å². The first-order chi connectivity index (χ1) is 6.33. The second-order valence-corrected chi connectivity index (χ2v) is 4.22. The zero-order valence-corrected chi connectivity index (χ0v) is 9.34. The summed E-state index contributed by atoms with van der Waals surface area (Å²) in [6.45, 7) is 2.27. The molecule has 0 bridgehead atoms. The molecule has 0 amide bonds. The van der Waals surface area contributed by atoms with E-state index in [0.29, 0.717) is 5.92 Å². The predicted molar refractivity (Wildman–Crippen MR) is 61.1 cm³/mol. The highest BCUT2D eigenvalue weighted by atomic mass is 79.9. The molecule has 13 heavy (non-hydrogen) atoms. The fourth-order valence-corrected chi connectivity index (χ4v) is 2.21. The van der Waals surface area contributed by atoms with Crippen LogP contribution in [0.2, 0.25) is 0 Å². The molecule has 0 saturated carbocycles. The zero-order valence-electron chi connectivity index (χ0n) is 7.76. The molecule has 0 nitrogen and oxygen atoms in total. The minimum absolute atomic E-state index is 0.628. The van der Waals surface area contributed by atoms with Gasteiger partial charge >= 0.3 is 0 Å². The Kier molecular flexibility index (Phi) is 2.54. The lowest BCUT2D eigenvalue weighted by Gasteiger charge is -2.10. The standard InChI is InChI=1S/C12H13Br/c1-9(8-13)11-7-6-10-4-2-3-5-12(10)11/h2-5,7,9H,6,8H2,1H3. The Hall–Kier alpha value is -0.560. The number of fused-ring (bicyclic) bond motifs is 1. The van der Waals surface area contributed by atoms with Crippen molar-refractivity contribution in [2.75, 3.05) is 5.33 Å². The van der Waals surface area contributed by atoms with E-state index < -0.39 is 0 Å². The van der Waals surface area contributed by atoms with E-state index in [1.165, 1.54) is 16.7 Å². The maximum Gasteiger partial charge on any atom is 0.00976 e. The third kappa shape index (κ3) is 1.58. The van der Waals surface area contributed by atoms with Crippen LogP contribution in [0.4, 0.5) is 0 Å². The molecule has 0 fully saturated rings. The van der Waals surface area contributed by atoms with Gasteiger partial charge < -0.3 is 0 Å². The normalized spacial score (nSPS) is 16.6. The Morgan fingerprint density at radius 1 is 1.38 bits per heavy atom. The van der Waals surface area contributed by atoms with Crippen molar-refractivity contribution in [3.8, 4) is 0 Å². The Labute approximate surface area is 87.8 Å². The summed E-state index contributed by atoms with van der Waals surface area (Å²) in [7, 11) is 0. The molecule has 2 rings (SSSR count). The lowest BCUT2D eigenvalue weighted by molar-refractivity contribution is 0.880. The van der Waals surface area contributed by atoms with Crippen LogP contribution >= 0.6 is 15.9 Å². The highest BCUT2D eigenvalue weighted by Gasteiger charge is 2.17. The molecule has 1 aliphatic rings. The fourth-order valence-electron chi connectivity index (χ4n) is 1.86. The van der Waals surface area contributed by atoms with Gasteiger partial charge in [-0.3, -0.25) is 0 Å². The van der Waals surface area contributed by atoms with Crippen molar-refractivity contribution in [3.63, 3.8) is 0 Å². The summed E-state index contributed by atoms with van der Waals surface area (Å²) in [4.78, 5) is 0. The van der Waals surface area contributed by atoms with E-state index in [4.69, 9.17) is 0 Å². The quantitative estimate of drug-likeness (QED) is 0.688. The maximum atomic E-state index is 3.54. The van der Waals surface area contributed by atoms with Crippen molar-refractivity contribution < 1.29 is 0 Å². The van der Waals surface area contributed by atoms with Gasteiger partial charge in [0.15, 0.2) is 0 Å². The molecular formula is C12H13Br. The third-order valence-corrected chi connectivity index (χ3v) is 3.60. The van der Waals surface area contributed by atoms with Crippen molar-refractivity contribution in [1.82, 2.24) is 0 Å². The molecule has 1 unspecified atom stereocenters. The molecule has 1 aliphatic carbocycles. The van der Waals surface area contributed by atoms with Gasteiger partial charge in [0.1, 0.15) is 0 Å². The number of hydrogen-bond donors (Lipinski definition) is 0. The first-order valence-electron chi connectivity index (χ1n) is 4.67. The minimum Gasteiger partial charge on any atom is -0.0922 e. The first kappa shape index (κ1) is 9.01. The van der Waals surface area contributed by atoms with E-state index in [1.54, 1.807) is 0 Å². The summed E-state index contributed by atoms with van der Waals surface area (Å²) in [6.07, 6.45) is 3.47. The summed E-state index contributed by atoms with van der Waals surface area (Å²) in [6, 6.07) is 8.69. The van der Waals surface area contributed by atoms with Crippen LogP contribution in [0.5, 0.6) is 0 Å². The average molecular weight is 237 g/mol. The Morgan fingerprint density at radius 3 is 2.92 bits per heavy atom. The van der Waals surface area contributed by atoms with E-state index >= 15 is 0 Å². The van der Waals surface area contributed by atoms with E-state index in [0.717, 1.165) is 11.8 Å². The van der Waals surface area contributed by atoms with Crippen molar-refractivity contribution >= 4 is 21.5 Å². The highest BCUT2D eigenvalue weighted by molar-refractivity contribution is 9.09. The molecule has 0 spiro atoms. The average Bonchev–Trinajstić information content (AvgIpc) is 2.60. The van der Waals surface area contributed by atoms with Crippen molar-refractivity contribution in [3.05, 3.63) is 41.5 Å². The first-order valence-corrected chi connectivity index (χ1v) is 5.79. The van der Waals surface area contributed by atoms with Gasteiger partial charge in [0, 0.05) is 5.33 Å². The lowest BCUT2D eigenvalue weighted by atomic mass is 9.97. The molecule has 0 radical (unpaired) electrons. The van der Waals surface area contributed by atoms with E-state index in [2.05, 4.69) is 53.2 Å². The van der Waals surface area contributed by atoms with Crippen LogP contribution in [0.3, 0.4) is 0 Å². The second kappa shape index (κ2) is 3.67. The van der Waals surface area contributed by atoms with Gasteiger partial charge in [-0.05, 0) is 29.0 Å². The fraction of sp³-hybridized carbons (Fsp3) is 0.333. The Morgan fingerprint density at radius 2 is 2.15 bits per heavy atom. The second-order valence-electron chi connectivity index (χ2n) is 3.58.